The van der Waals surface area contributed by atoms with E-state index in [1.807, 2.05) is 0 Å². The molecule has 0 aliphatic heterocycles. The highest BCUT2D eigenvalue weighted by Gasteiger charge is 2.19. The minimum Gasteiger partial charge on any atom is -0.462 e. The first-order valence-electron chi connectivity index (χ1n) is 23.3. The van der Waals surface area contributed by atoms with Gasteiger partial charge >= 0.3 is 17.9 Å². The van der Waals surface area contributed by atoms with E-state index >= 15 is 0 Å². The number of hydrogen-bond acceptors (Lipinski definition) is 6. The van der Waals surface area contributed by atoms with Gasteiger partial charge in [-0.25, -0.2) is 0 Å². The molecule has 1 atom stereocenters. The number of unbranched alkanes of at least 4 members (excludes halogenated alkanes) is 20. The van der Waals surface area contributed by atoms with Gasteiger partial charge in [0.05, 0.1) is 0 Å². The summed E-state index contributed by atoms with van der Waals surface area (Å²) in [7, 11) is 0. The second kappa shape index (κ2) is 44.8. The molecule has 56 heavy (non-hydrogen) atoms. The monoisotopic (exact) mass is 783 g/mol. The predicted octanol–water partition coefficient (Wildman–Crippen LogP) is 14.9. The van der Waals surface area contributed by atoms with Crippen molar-refractivity contribution < 1.29 is 28.6 Å². The Kier molecular flexibility index (Phi) is 42.5. The number of rotatable bonds is 41. The Balaban J connectivity index is 4.45. The SMILES string of the molecule is CC/C=C\C/C=C\C/C=C\C/C=C\CCCCC(=O)OC[C@@H](COC(=O)CCCCCCC/C=C\CCCC)OC(=O)CCCCCCCCCCCCCC. The summed E-state index contributed by atoms with van der Waals surface area (Å²) in [5.41, 5.74) is 0. The van der Waals surface area contributed by atoms with Crippen LogP contribution in [0.1, 0.15) is 220 Å². The van der Waals surface area contributed by atoms with Crippen molar-refractivity contribution in [2.75, 3.05) is 13.2 Å². The van der Waals surface area contributed by atoms with Crippen LogP contribution in [0.4, 0.5) is 0 Å². The zero-order valence-corrected chi connectivity index (χ0v) is 36.6. The molecule has 0 bridgehead atoms. The van der Waals surface area contributed by atoms with Gasteiger partial charge in [0.1, 0.15) is 13.2 Å². The highest BCUT2D eigenvalue weighted by Crippen LogP contribution is 2.14. The molecule has 0 radical (unpaired) electrons. The van der Waals surface area contributed by atoms with Gasteiger partial charge in [-0.15, -0.1) is 0 Å². The summed E-state index contributed by atoms with van der Waals surface area (Å²) in [6.45, 7) is 6.43. The van der Waals surface area contributed by atoms with Gasteiger partial charge in [0.2, 0.25) is 0 Å². The van der Waals surface area contributed by atoms with Crippen molar-refractivity contribution in [1.29, 1.82) is 0 Å². The average molecular weight is 783 g/mol. The molecular formula is C50H86O6. The molecule has 0 aromatic carbocycles. The number of hydrogen-bond donors (Lipinski definition) is 0. The fourth-order valence-corrected chi connectivity index (χ4v) is 6.24. The normalized spacial score (nSPS) is 12.6. The molecule has 0 spiro atoms. The molecule has 0 saturated carbocycles. The molecule has 0 heterocycles. The Morgan fingerprint density at radius 3 is 1.20 bits per heavy atom. The molecule has 6 nitrogen and oxygen atoms in total. The molecule has 0 amide bonds. The molecule has 0 saturated heterocycles. The van der Waals surface area contributed by atoms with Crippen LogP contribution in [0.15, 0.2) is 60.8 Å². The van der Waals surface area contributed by atoms with Crippen molar-refractivity contribution in [3.05, 3.63) is 60.8 Å². The van der Waals surface area contributed by atoms with E-state index in [2.05, 4.69) is 81.5 Å². The molecule has 0 aromatic heterocycles. The van der Waals surface area contributed by atoms with Crippen LogP contribution in [-0.2, 0) is 28.6 Å². The number of carbonyl (C=O) groups is 3. The first-order chi connectivity index (χ1) is 27.5. The van der Waals surface area contributed by atoms with Crippen LogP contribution in [0.2, 0.25) is 0 Å². The highest BCUT2D eigenvalue weighted by atomic mass is 16.6. The van der Waals surface area contributed by atoms with Crippen molar-refractivity contribution in [1.82, 2.24) is 0 Å². The Hall–Kier alpha value is -2.89. The Morgan fingerprint density at radius 1 is 0.375 bits per heavy atom. The molecule has 0 aliphatic carbocycles. The quantitative estimate of drug-likeness (QED) is 0.0266. The van der Waals surface area contributed by atoms with Crippen LogP contribution in [0, 0.1) is 0 Å². The van der Waals surface area contributed by atoms with Gasteiger partial charge in [0.15, 0.2) is 6.10 Å². The molecule has 0 unspecified atom stereocenters. The van der Waals surface area contributed by atoms with E-state index in [-0.39, 0.29) is 31.1 Å². The summed E-state index contributed by atoms with van der Waals surface area (Å²) in [5, 5.41) is 0. The maximum Gasteiger partial charge on any atom is 0.306 e. The maximum absolute atomic E-state index is 12.7. The van der Waals surface area contributed by atoms with Crippen LogP contribution in [0.25, 0.3) is 0 Å². The van der Waals surface area contributed by atoms with Crippen LogP contribution in [-0.4, -0.2) is 37.2 Å². The van der Waals surface area contributed by atoms with E-state index in [0.717, 1.165) is 89.9 Å². The molecule has 6 heteroatoms. The van der Waals surface area contributed by atoms with Crippen LogP contribution >= 0.6 is 0 Å². The lowest BCUT2D eigenvalue weighted by Crippen LogP contribution is -2.30. The zero-order valence-electron chi connectivity index (χ0n) is 36.6. The van der Waals surface area contributed by atoms with Gasteiger partial charge in [-0.2, -0.15) is 0 Å². The minimum atomic E-state index is -0.789. The van der Waals surface area contributed by atoms with E-state index in [1.165, 1.54) is 89.9 Å². The van der Waals surface area contributed by atoms with E-state index in [4.69, 9.17) is 14.2 Å². The summed E-state index contributed by atoms with van der Waals surface area (Å²) in [5.74, 6) is -0.944. The van der Waals surface area contributed by atoms with Gasteiger partial charge in [-0.05, 0) is 77.0 Å². The smallest absolute Gasteiger partial charge is 0.306 e. The maximum atomic E-state index is 12.7. The van der Waals surface area contributed by atoms with E-state index < -0.39 is 6.10 Å². The summed E-state index contributed by atoms with van der Waals surface area (Å²) >= 11 is 0. The van der Waals surface area contributed by atoms with Crippen molar-refractivity contribution in [2.45, 2.75) is 226 Å². The van der Waals surface area contributed by atoms with Gasteiger partial charge in [-0.1, -0.05) is 184 Å². The molecule has 0 fully saturated rings. The fourth-order valence-electron chi connectivity index (χ4n) is 6.24. The second-order valence-electron chi connectivity index (χ2n) is 15.3. The first-order valence-corrected chi connectivity index (χ1v) is 23.3. The van der Waals surface area contributed by atoms with Crippen molar-refractivity contribution in [2.24, 2.45) is 0 Å². The van der Waals surface area contributed by atoms with E-state index in [0.29, 0.717) is 19.3 Å². The van der Waals surface area contributed by atoms with Gasteiger partial charge in [0, 0.05) is 19.3 Å². The molecular weight excluding hydrogens is 697 g/mol. The second-order valence-corrected chi connectivity index (χ2v) is 15.3. The first kappa shape index (κ1) is 53.1. The summed E-state index contributed by atoms with van der Waals surface area (Å²) in [4.78, 5) is 37.7. The summed E-state index contributed by atoms with van der Waals surface area (Å²) in [6, 6.07) is 0. The number of esters is 3. The molecule has 0 aliphatic rings. The van der Waals surface area contributed by atoms with Crippen molar-refractivity contribution >= 4 is 17.9 Å². The Bertz CT molecular complexity index is 1040. The molecule has 322 valence electrons. The summed E-state index contributed by atoms with van der Waals surface area (Å²) in [6.07, 6.45) is 53.4. The third kappa shape index (κ3) is 42.3. The van der Waals surface area contributed by atoms with E-state index in [1.54, 1.807) is 0 Å². The van der Waals surface area contributed by atoms with Crippen molar-refractivity contribution in [3.8, 4) is 0 Å². The van der Waals surface area contributed by atoms with Crippen LogP contribution in [0.5, 0.6) is 0 Å². The molecule has 0 aromatic rings. The Labute approximate surface area is 345 Å². The number of ether oxygens (including phenoxy) is 3. The Morgan fingerprint density at radius 2 is 0.714 bits per heavy atom. The zero-order chi connectivity index (χ0) is 40.8. The lowest BCUT2D eigenvalue weighted by Gasteiger charge is -2.18. The van der Waals surface area contributed by atoms with Gasteiger partial charge in [0.25, 0.3) is 0 Å². The highest BCUT2D eigenvalue weighted by molar-refractivity contribution is 5.71. The van der Waals surface area contributed by atoms with Crippen LogP contribution in [0.3, 0.4) is 0 Å². The van der Waals surface area contributed by atoms with E-state index in [9.17, 15) is 14.4 Å². The lowest BCUT2D eigenvalue weighted by molar-refractivity contribution is -0.167. The summed E-state index contributed by atoms with van der Waals surface area (Å²) < 4.78 is 16.7. The minimum absolute atomic E-state index is 0.0908. The van der Waals surface area contributed by atoms with Gasteiger partial charge in [-0.3, -0.25) is 14.4 Å². The number of carbonyl (C=O) groups excluding carboxylic acids is 3. The van der Waals surface area contributed by atoms with Gasteiger partial charge < -0.3 is 14.2 Å². The lowest BCUT2D eigenvalue weighted by atomic mass is 10.0. The molecule has 0 rings (SSSR count). The number of allylic oxidation sites excluding steroid dienone is 10. The largest absolute Gasteiger partial charge is 0.462 e. The third-order valence-electron chi connectivity index (χ3n) is 9.76. The fraction of sp³-hybridized carbons (Fsp3) is 0.740. The van der Waals surface area contributed by atoms with Crippen LogP contribution < -0.4 is 0 Å². The third-order valence-corrected chi connectivity index (χ3v) is 9.76. The molecule has 0 N–H and O–H groups in total. The average Bonchev–Trinajstić information content (AvgIpc) is 3.19. The van der Waals surface area contributed by atoms with Crippen molar-refractivity contribution in [3.63, 3.8) is 0 Å². The predicted molar refractivity (Wildman–Crippen MR) is 238 cm³/mol. The standard InChI is InChI=1S/C50H86O6/c1-4-7-10-13-16-19-22-24-25-26-29-31-34-37-40-43-49(52)55-46-47(45-54-48(51)42-39-36-33-30-27-21-18-15-12-9-6-3)56-50(53)44-41-38-35-32-28-23-20-17-14-11-8-5-2/h7,10,15-16,18-19,24-25,29,31,47H,4-6,8-9,11-14,17,20-23,26-28,30,32-46H2,1-3H3/b10-7-,18-15-,19-16-,25-24-,31-29-/t47-/m1/s1. The topological polar surface area (TPSA) is 78.9 Å².